The molecule has 0 saturated heterocycles. The van der Waals surface area contributed by atoms with E-state index < -0.39 is 0 Å². The minimum absolute atomic E-state index is 0.127. The number of carbonyl (C=O) groups is 1. The molecule has 4 nitrogen and oxygen atoms in total. The Kier molecular flexibility index (Phi) is 6.27. The quantitative estimate of drug-likeness (QED) is 0.540. The molecule has 0 aromatic heterocycles. The van der Waals surface area contributed by atoms with E-state index in [1.807, 2.05) is 6.92 Å². The maximum atomic E-state index is 12.3. The van der Waals surface area contributed by atoms with Crippen molar-refractivity contribution in [2.24, 2.45) is 0 Å². The van der Waals surface area contributed by atoms with Crippen LogP contribution in [0.1, 0.15) is 22.8 Å². The van der Waals surface area contributed by atoms with Crippen LogP contribution in [0.25, 0.3) is 6.08 Å². The van der Waals surface area contributed by atoms with Gasteiger partial charge in [0.1, 0.15) is 5.75 Å². The molecule has 2 aromatic rings. The first kappa shape index (κ1) is 17.9. The SMILES string of the molecule is CCOc1c(Cl)cc(C=CC(=O)c2cccc(OC)c2)cc1OC. The molecular formula is C19H19ClO4. The van der Waals surface area contributed by atoms with E-state index in [0.29, 0.717) is 34.4 Å². The number of halogens is 1. The smallest absolute Gasteiger partial charge is 0.185 e. The standard InChI is InChI=1S/C19H19ClO4/c1-4-24-19-16(20)10-13(11-18(19)23-3)8-9-17(21)14-6-5-7-15(12-14)22-2/h5-12H,4H2,1-3H3. The van der Waals surface area contributed by atoms with Gasteiger partial charge in [-0.3, -0.25) is 4.79 Å². The normalized spacial score (nSPS) is 10.7. The number of ketones is 1. The Morgan fingerprint density at radius 2 is 1.96 bits per heavy atom. The average molecular weight is 347 g/mol. The Bertz CT molecular complexity index is 753. The highest BCUT2D eigenvalue weighted by atomic mass is 35.5. The van der Waals surface area contributed by atoms with E-state index in [1.165, 1.54) is 6.08 Å². The summed E-state index contributed by atoms with van der Waals surface area (Å²) in [6.07, 6.45) is 3.17. The van der Waals surface area contributed by atoms with Crippen molar-refractivity contribution in [3.8, 4) is 17.2 Å². The van der Waals surface area contributed by atoms with E-state index in [4.69, 9.17) is 25.8 Å². The van der Waals surface area contributed by atoms with Gasteiger partial charge in [-0.2, -0.15) is 0 Å². The minimum Gasteiger partial charge on any atom is -0.497 e. The average Bonchev–Trinajstić information content (AvgIpc) is 2.61. The maximum absolute atomic E-state index is 12.3. The van der Waals surface area contributed by atoms with Crippen molar-refractivity contribution in [3.05, 3.63) is 58.6 Å². The Balaban J connectivity index is 2.24. The first-order valence-electron chi connectivity index (χ1n) is 7.45. The number of hydrogen-bond acceptors (Lipinski definition) is 4. The highest BCUT2D eigenvalue weighted by molar-refractivity contribution is 6.32. The molecule has 2 rings (SSSR count). The van der Waals surface area contributed by atoms with E-state index in [1.54, 1.807) is 56.7 Å². The molecule has 2 aromatic carbocycles. The van der Waals surface area contributed by atoms with Gasteiger partial charge in [0, 0.05) is 5.56 Å². The molecule has 126 valence electrons. The summed E-state index contributed by atoms with van der Waals surface area (Å²) in [5.41, 5.74) is 1.30. The molecule has 0 fully saturated rings. The lowest BCUT2D eigenvalue weighted by Gasteiger charge is -2.11. The van der Waals surface area contributed by atoms with E-state index in [2.05, 4.69) is 0 Å². The molecule has 0 bridgehead atoms. The summed E-state index contributed by atoms with van der Waals surface area (Å²) in [5, 5.41) is 0.435. The summed E-state index contributed by atoms with van der Waals surface area (Å²) in [6.45, 7) is 2.36. The van der Waals surface area contributed by atoms with Crippen molar-refractivity contribution < 1.29 is 19.0 Å². The molecule has 0 atom stereocenters. The third kappa shape index (κ3) is 4.30. The Morgan fingerprint density at radius 1 is 1.17 bits per heavy atom. The molecule has 0 radical (unpaired) electrons. The van der Waals surface area contributed by atoms with Crippen molar-refractivity contribution in [2.75, 3.05) is 20.8 Å². The van der Waals surface area contributed by atoms with Gasteiger partial charge in [0.2, 0.25) is 0 Å². The number of ether oxygens (including phenoxy) is 3. The molecule has 0 aliphatic heterocycles. The number of methoxy groups -OCH3 is 2. The van der Waals surface area contributed by atoms with Gasteiger partial charge in [0.15, 0.2) is 17.3 Å². The molecule has 24 heavy (non-hydrogen) atoms. The van der Waals surface area contributed by atoms with Crippen LogP contribution in [0.4, 0.5) is 0 Å². The molecule has 0 heterocycles. The van der Waals surface area contributed by atoms with E-state index in [-0.39, 0.29) is 5.78 Å². The zero-order valence-electron chi connectivity index (χ0n) is 13.8. The number of benzene rings is 2. The van der Waals surface area contributed by atoms with Crippen molar-refractivity contribution >= 4 is 23.5 Å². The van der Waals surface area contributed by atoms with Crippen LogP contribution in [-0.2, 0) is 0 Å². The van der Waals surface area contributed by atoms with Gasteiger partial charge in [0.25, 0.3) is 0 Å². The number of carbonyl (C=O) groups excluding carboxylic acids is 1. The van der Waals surface area contributed by atoms with Gasteiger partial charge in [-0.05, 0) is 42.8 Å². The van der Waals surface area contributed by atoms with Crippen LogP contribution in [0.5, 0.6) is 17.2 Å². The Hall–Kier alpha value is -2.46. The Labute approximate surface area is 146 Å². The zero-order chi connectivity index (χ0) is 17.5. The summed E-state index contributed by atoms with van der Waals surface area (Å²) in [6, 6.07) is 10.5. The number of allylic oxidation sites excluding steroid dienone is 1. The van der Waals surface area contributed by atoms with Gasteiger partial charge >= 0.3 is 0 Å². The monoisotopic (exact) mass is 346 g/mol. The first-order chi connectivity index (χ1) is 11.6. The molecule has 0 aliphatic carbocycles. The molecule has 0 N–H and O–H groups in total. The van der Waals surface area contributed by atoms with Crippen LogP contribution in [-0.4, -0.2) is 26.6 Å². The molecule has 0 spiro atoms. The number of rotatable bonds is 7. The topological polar surface area (TPSA) is 44.8 Å². The van der Waals surface area contributed by atoms with Crippen molar-refractivity contribution in [1.82, 2.24) is 0 Å². The molecule has 0 aliphatic rings. The molecule has 0 saturated carbocycles. The highest BCUT2D eigenvalue weighted by Gasteiger charge is 2.11. The van der Waals surface area contributed by atoms with Crippen LogP contribution >= 0.6 is 11.6 Å². The number of hydrogen-bond donors (Lipinski definition) is 0. The van der Waals surface area contributed by atoms with E-state index in [0.717, 1.165) is 5.56 Å². The highest BCUT2D eigenvalue weighted by Crippen LogP contribution is 2.36. The lowest BCUT2D eigenvalue weighted by molar-refractivity contribution is 0.104. The predicted molar refractivity (Wildman–Crippen MR) is 95.5 cm³/mol. The second kappa shape index (κ2) is 8.41. The van der Waals surface area contributed by atoms with Crippen LogP contribution in [0.15, 0.2) is 42.5 Å². The second-order valence-corrected chi connectivity index (χ2v) is 5.30. The van der Waals surface area contributed by atoms with Gasteiger partial charge < -0.3 is 14.2 Å². The summed E-state index contributed by atoms with van der Waals surface area (Å²) >= 11 is 6.22. The molecule has 0 unspecified atom stereocenters. The lowest BCUT2D eigenvalue weighted by Crippen LogP contribution is -1.97. The summed E-state index contributed by atoms with van der Waals surface area (Å²) in [5.74, 6) is 1.54. The maximum Gasteiger partial charge on any atom is 0.185 e. The third-order valence-electron chi connectivity index (χ3n) is 3.32. The van der Waals surface area contributed by atoms with Gasteiger partial charge in [-0.25, -0.2) is 0 Å². The van der Waals surface area contributed by atoms with Crippen LogP contribution in [0.2, 0.25) is 5.02 Å². The van der Waals surface area contributed by atoms with Crippen molar-refractivity contribution in [3.63, 3.8) is 0 Å². The zero-order valence-corrected chi connectivity index (χ0v) is 14.6. The second-order valence-electron chi connectivity index (χ2n) is 4.90. The fourth-order valence-electron chi connectivity index (χ4n) is 2.16. The molecule has 5 heteroatoms. The predicted octanol–water partition coefficient (Wildman–Crippen LogP) is 4.65. The van der Waals surface area contributed by atoms with E-state index in [9.17, 15) is 4.79 Å². The lowest BCUT2D eigenvalue weighted by atomic mass is 10.1. The van der Waals surface area contributed by atoms with Crippen molar-refractivity contribution in [2.45, 2.75) is 6.92 Å². The Morgan fingerprint density at radius 3 is 2.62 bits per heavy atom. The van der Waals surface area contributed by atoms with Gasteiger partial charge in [-0.1, -0.05) is 29.8 Å². The third-order valence-corrected chi connectivity index (χ3v) is 3.60. The van der Waals surface area contributed by atoms with Crippen LogP contribution in [0.3, 0.4) is 0 Å². The van der Waals surface area contributed by atoms with Crippen LogP contribution < -0.4 is 14.2 Å². The molecular weight excluding hydrogens is 328 g/mol. The van der Waals surface area contributed by atoms with Gasteiger partial charge in [-0.15, -0.1) is 0 Å². The fraction of sp³-hybridized carbons (Fsp3) is 0.211. The fourth-order valence-corrected chi connectivity index (χ4v) is 2.44. The van der Waals surface area contributed by atoms with Crippen molar-refractivity contribution in [1.29, 1.82) is 0 Å². The van der Waals surface area contributed by atoms with E-state index >= 15 is 0 Å². The first-order valence-corrected chi connectivity index (χ1v) is 7.83. The minimum atomic E-state index is -0.127. The summed E-state index contributed by atoms with van der Waals surface area (Å²) in [4.78, 5) is 12.3. The molecule has 0 amide bonds. The summed E-state index contributed by atoms with van der Waals surface area (Å²) < 4.78 is 15.9. The van der Waals surface area contributed by atoms with Crippen LogP contribution in [0, 0.1) is 0 Å². The van der Waals surface area contributed by atoms with Gasteiger partial charge in [0.05, 0.1) is 25.8 Å². The summed E-state index contributed by atoms with van der Waals surface area (Å²) in [7, 11) is 3.11. The largest absolute Gasteiger partial charge is 0.497 e.